The molecule has 2 aliphatic rings. The van der Waals surface area contributed by atoms with Gasteiger partial charge in [0, 0.05) is 12.1 Å². The largest absolute Gasteiger partial charge is 0.350 e. The van der Waals surface area contributed by atoms with Crippen molar-refractivity contribution < 1.29 is 9.18 Å². The van der Waals surface area contributed by atoms with E-state index in [2.05, 4.69) is 12.2 Å². The number of rotatable bonds is 3. The molecular weight excluding hydrogens is 241 g/mol. The van der Waals surface area contributed by atoms with Crippen LogP contribution < -0.4 is 5.32 Å². The molecule has 0 spiro atoms. The van der Waals surface area contributed by atoms with E-state index in [0.29, 0.717) is 12.0 Å². The predicted octanol–water partition coefficient (Wildman–Crippen LogP) is 3.39. The Morgan fingerprint density at radius 1 is 1.47 bits per heavy atom. The molecule has 0 heterocycles. The lowest BCUT2D eigenvalue weighted by Crippen LogP contribution is -2.23. The molecule has 0 aromatic heterocycles. The smallest absolute Gasteiger partial charge is 0.244 e. The molecule has 2 nitrogen and oxygen atoms in total. The molecule has 3 heteroatoms. The minimum atomic E-state index is -0.232. The number of amides is 1. The van der Waals surface area contributed by atoms with Crippen LogP contribution in [0.1, 0.15) is 49.7 Å². The Balaban J connectivity index is 1.89. The van der Waals surface area contributed by atoms with Crippen LogP contribution in [-0.4, -0.2) is 11.9 Å². The Labute approximate surface area is 112 Å². The minimum Gasteiger partial charge on any atom is -0.350 e. The second kappa shape index (κ2) is 4.80. The third-order valence-electron chi connectivity index (χ3n) is 3.99. The number of allylic oxidation sites excluding steroid dienone is 1. The van der Waals surface area contributed by atoms with Crippen LogP contribution in [0.5, 0.6) is 0 Å². The molecule has 1 amide bonds. The van der Waals surface area contributed by atoms with E-state index >= 15 is 0 Å². The van der Waals surface area contributed by atoms with Crippen molar-refractivity contribution in [2.75, 3.05) is 0 Å². The van der Waals surface area contributed by atoms with Crippen LogP contribution in [-0.2, 0) is 4.79 Å². The van der Waals surface area contributed by atoms with Crippen molar-refractivity contribution in [3.8, 4) is 0 Å². The number of nitrogens with one attached hydrogen (secondary N) is 1. The van der Waals surface area contributed by atoms with Crippen LogP contribution in [0.25, 0.3) is 5.57 Å². The van der Waals surface area contributed by atoms with Crippen LogP contribution in [0.3, 0.4) is 0 Å². The Hall–Kier alpha value is -1.64. The number of benzene rings is 1. The summed E-state index contributed by atoms with van der Waals surface area (Å²) in [6, 6.07) is 5.29. The Morgan fingerprint density at radius 3 is 2.95 bits per heavy atom. The summed E-state index contributed by atoms with van der Waals surface area (Å²) >= 11 is 0. The van der Waals surface area contributed by atoms with Gasteiger partial charge in [0.1, 0.15) is 5.82 Å². The second-order valence-electron chi connectivity index (χ2n) is 5.49. The van der Waals surface area contributed by atoms with Gasteiger partial charge in [0.15, 0.2) is 0 Å². The molecule has 1 atom stereocenters. The van der Waals surface area contributed by atoms with Crippen LogP contribution in [0.4, 0.5) is 4.39 Å². The molecule has 0 saturated heterocycles. The van der Waals surface area contributed by atoms with Gasteiger partial charge in [-0.15, -0.1) is 0 Å². The topological polar surface area (TPSA) is 29.1 Å². The average Bonchev–Trinajstić information content (AvgIpc) is 3.12. The SMILES string of the molecule is CCC1C/C(=C/C(=O)NC2CC2)c2cc(F)ccc21. The number of fused-ring (bicyclic) bond motifs is 1. The molecule has 0 aliphatic heterocycles. The highest BCUT2D eigenvalue weighted by Gasteiger charge is 2.27. The fraction of sp³-hybridized carbons (Fsp3) is 0.438. The number of hydrogen-bond donors (Lipinski definition) is 1. The van der Waals surface area contributed by atoms with Crippen molar-refractivity contribution in [3.63, 3.8) is 0 Å². The highest BCUT2D eigenvalue weighted by molar-refractivity contribution is 5.97. The fourth-order valence-corrected chi connectivity index (χ4v) is 2.78. The lowest BCUT2D eigenvalue weighted by molar-refractivity contribution is -0.116. The molecule has 1 saturated carbocycles. The highest BCUT2D eigenvalue weighted by Crippen LogP contribution is 2.42. The molecule has 100 valence electrons. The van der Waals surface area contributed by atoms with Crippen molar-refractivity contribution >= 4 is 11.5 Å². The summed E-state index contributed by atoms with van der Waals surface area (Å²) in [6.45, 7) is 2.13. The number of halogens is 1. The molecular formula is C16H18FNO. The molecule has 1 aromatic rings. The number of carbonyl (C=O) groups excluding carboxylic acids is 1. The zero-order valence-corrected chi connectivity index (χ0v) is 11.1. The van der Waals surface area contributed by atoms with Crippen molar-refractivity contribution in [2.45, 2.75) is 44.6 Å². The molecule has 3 rings (SSSR count). The maximum atomic E-state index is 13.4. The van der Waals surface area contributed by atoms with Gasteiger partial charge in [-0.3, -0.25) is 4.79 Å². The Bertz CT molecular complexity index is 546. The standard InChI is InChI=1S/C16H18FNO/c1-2-10-7-11(8-16(19)18-13-4-5-13)15-9-12(17)3-6-14(10)15/h3,6,8-10,13H,2,4-5,7H2,1H3,(H,18,19)/b11-8-. The van der Waals surface area contributed by atoms with Gasteiger partial charge in [-0.1, -0.05) is 13.0 Å². The number of carbonyl (C=O) groups is 1. The van der Waals surface area contributed by atoms with Gasteiger partial charge in [0.05, 0.1) is 0 Å². The lowest BCUT2D eigenvalue weighted by atomic mass is 9.99. The van der Waals surface area contributed by atoms with Gasteiger partial charge < -0.3 is 5.32 Å². The first kappa shape index (κ1) is 12.4. The van der Waals surface area contributed by atoms with Gasteiger partial charge in [0.2, 0.25) is 5.91 Å². The first-order chi connectivity index (χ1) is 9.17. The van der Waals surface area contributed by atoms with E-state index in [1.54, 1.807) is 12.1 Å². The molecule has 1 N–H and O–H groups in total. The first-order valence-electron chi connectivity index (χ1n) is 6.98. The number of hydrogen-bond acceptors (Lipinski definition) is 1. The molecule has 1 fully saturated rings. The highest BCUT2D eigenvalue weighted by atomic mass is 19.1. The summed E-state index contributed by atoms with van der Waals surface area (Å²) in [7, 11) is 0. The van der Waals surface area contributed by atoms with Gasteiger partial charge in [0.25, 0.3) is 0 Å². The molecule has 1 aromatic carbocycles. The summed E-state index contributed by atoms with van der Waals surface area (Å²) in [4.78, 5) is 11.9. The average molecular weight is 259 g/mol. The van der Waals surface area contributed by atoms with E-state index in [9.17, 15) is 9.18 Å². The van der Waals surface area contributed by atoms with E-state index in [-0.39, 0.29) is 11.7 Å². The van der Waals surface area contributed by atoms with Gasteiger partial charge in [-0.25, -0.2) is 4.39 Å². The Kier molecular flexibility index (Phi) is 3.13. The zero-order chi connectivity index (χ0) is 13.4. The molecule has 0 bridgehead atoms. The van der Waals surface area contributed by atoms with E-state index in [0.717, 1.165) is 36.8 Å². The van der Waals surface area contributed by atoms with E-state index in [1.807, 2.05) is 6.07 Å². The monoisotopic (exact) mass is 259 g/mol. The third-order valence-corrected chi connectivity index (χ3v) is 3.99. The second-order valence-corrected chi connectivity index (χ2v) is 5.49. The first-order valence-corrected chi connectivity index (χ1v) is 6.98. The predicted molar refractivity (Wildman–Crippen MR) is 73.2 cm³/mol. The summed E-state index contributed by atoms with van der Waals surface area (Å²) in [5.74, 6) is 0.143. The van der Waals surface area contributed by atoms with Gasteiger partial charge in [-0.05, 0) is 60.4 Å². The fourth-order valence-electron chi connectivity index (χ4n) is 2.78. The molecule has 2 aliphatic carbocycles. The zero-order valence-electron chi connectivity index (χ0n) is 11.1. The minimum absolute atomic E-state index is 0.0375. The van der Waals surface area contributed by atoms with Crippen LogP contribution in [0.15, 0.2) is 24.3 Å². The normalized spacial score (nSPS) is 23.5. The summed E-state index contributed by atoms with van der Waals surface area (Å²) in [6.07, 6.45) is 5.68. The molecule has 0 radical (unpaired) electrons. The Morgan fingerprint density at radius 2 is 2.26 bits per heavy atom. The summed E-state index contributed by atoms with van der Waals surface area (Å²) in [5.41, 5.74) is 3.06. The summed E-state index contributed by atoms with van der Waals surface area (Å²) < 4.78 is 13.4. The van der Waals surface area contributed by atoms with Crippen LogP contribution >= 0.6 is 0 Å². The van der Waals surface area contributed by atoms with Crippen molar-refractivity contribution in [1.82, 2.24) is 5.32 Å². The molecule has 19 heavy (non-hydrogen) atoms. The van der Waals surface area contributed by atoms with Crippen LogP contribution in [0.2, 0.25) is 0 Å². The maximum absolute atomic E-state index is 13.4. The van der Waals surface area contributed by atoms with Crippen molar-refractivity contribution in [2.24, 2.45) is 0 Å². The van der Waals surface area contributed by atoms with E-state index in [1.165, 1.54) is 11.6 Å². The maximum Gasteiger partial charge on any atom is 0.244 e. The molecule has 1 unspecified atom stereocenters. The van der Waals surface area contributed by atoms with E-state index < -0.39 is 0 Å². The lowest BCUT2D eigenvalue weighted by Gasteiger charge is -2.06. The van der Waals surface area contributed by atoms with Crippen LogP contribution in [0, 0.1) is 5.82 Å². The van der Waals surface area contributed by atoms with Crippen molar-refractivity contribution in [3.05, 3.63) is 41.2 Å². The van der Waals surface area contributed by atoms with Crippen molar-refractivity contribution in [1.29, 1.82) is 0 Å². The third kappa shape index (κ3) is 2.55. The summed E-state index contributed by atoms with van der Waals surface area (Å²) in [5, 5.41) is 2.95. The van der Waals surface area contributed by atoms with Gasteiger partial charge >= 0.3 is 0 Å². The van der Waals surface area contributed by atoms with E-state index in [4.69, 9.17) is 0 Å². The quantitative estimate of drug-likeness (QED) is 0.828. The van der Waals surface area contributed by atoms with Gasteiger partial charge in [-0.2, -0.15) is 0 Å².